The van der Waals surface area contributed by atoms with Crippen LogP contribution in [-0.2, 0) is 33.4 Å². The maximum atomic E-state index is 10.6. The molecular formula is C23H38O7. The molecule has 4 rings (SSSR count). The van der Waals surface area contributed by atoms with Crippen molar-refractivity contribution in [1.82, 2.24) is 0 Å². The minimum atomic E-state index is -0.0486. The van der Waals surface area contributed by atoms with Gasteiger partial charge in [-0.05, 0) is 51.9 Å². The van der Waals surface area contributed by atoms with E-state index in [1.54, 1.807) is 0 Å². The van der Waals surface area contributed by atoms with Crippen molar-refractivity contribution < 1.29 is 33.4 Å². The monoisotopic (exact) mass is 426 g/mol. The van der Waals surface area contributed by atoms with E-state index in [0.29, 0.717) is 37.6 Å². The average Bonchev–Trinajstić information content (AvgIpc) is 3.25. The normalized spacial score (nSPS) is 28.5. The van der Waals surface area contributed by atoms with E-state index in [9.17, 15) is 19.2 Å². The van der Waals surface area contributed by atoms with Gasteiger partial charge in [0, 0.05) is 31.6 Å². The van der Waals surface area contributed by atoms with E-state index in [0.717, 1.165) is 50.9 Å². The average molecular weight is 427 g/mol. The van der Waals surface area contributed by atoms with Gasteiger partial charge < -0.3 is 14.2 Å². The Kier molecular flexibility index (Phi) is 12.3. The predicted octanol–water partition coefficient (Wildman–Crippen LogP) is 4.15. The molecule has 4 aliphatic rings. The van der Waals surface area contributed by atoms with Crippen molar-refractivity contribution in [2.45, 2.75) is 104 Å². The van der Waals surface area contributed by atoms with Gasteiger partial charge in [-0.3, -0.25) is 19.2 Å². The summed E-state index contributed by atoms with van der Waals surface area (Å²) in [6.45, 7) is 8.68. The SMILES string of the molecule is CC1CCC(=O)CC1.CC1CCC(=O)O1.CC1CCCC(=O)O1.CC1COC(=O)C1. The summed E-state index contributed by atoms with van der Waals surface area (Å²) in [5.41, 5.74) is 0. The third-order valence-electron chi connectivity index (χ3n) is 5.29. The zero-order valence-corrected chi connectivity index (χ0v) is 18.9. The number of esters is 3. The summed E-state index contributed by atoms with van der Waals surface area (Å²) in [6.07, 6.45) is 9.03. The topological polar surface area (TPSA) is 96.0 Å². The summed E-state index contributed by atoms with van der Waals surface area (Å²) < 4.78 is 14.2. The molecule has 30 heavy (non-hydrogen) atoms. The van der Waals surface area contributed by atoms with Crippen LogP contribution in [-0.4, -0.2) is 42.5 Å². The van der Waals surface area contributed by atoms with Gasteiger partial charge in [0.15, 0.2) is 0 Å². The van der Waals surface area contributed by atoms with E-state index in [2.05, 4.69) is 11.7 Å². The number of carbonyl (C=O) groups is 4. The molecule has 0 aromatic heterocycles. The molecule has 7 nitrogen and oxygen atoms in total. The first-order chi connectivity index (χ1) is 14.2. The molecule has 0 spiro atoms. The zero-order valence-electron chi connectivity index (χ0n) is 18.9. The van der Waals surface area contributed by atoms with Gasteiger partial charge in [0.05, 0.1) is 25.2 Å². The number of ether oxygens (including phenoxy) is 3. The molecule has 0 radical (unpaired) electrons. The maximum Gasteiger partial charge on any atom is 0.306 e. The molecule has 1 aliphatic carbocycles. The van der Waals surface area contributed by atoms with Crippen molar-refractivity contribution in [2.75, 3.05) is 6.61 Å². The van der Waals surface area contributed by atoms with Crippen LogP contribution in [0.15, 0.2) is 0 Å². The summed E-state index contributed by atoms with van der Waals surface area (Å²) >= 11 is 0. The molecule has 3 aliphatic heterocycles. The van der Waals surface area contributed by atoms with Gasteiger partial charge in [-0.1, -0.05) is 13.8 Å². The standard InChI is InChI=1S/C7H12O.C6H10O2.2C5H8O2/c1-6-2-4-7(8)5-3-6;1-5-3-2-4-6(7)8-5;1-4-2-5(6)7-3-4;1-4-2-3-5(6)7-4/h6H,2-5H2,1H3;5H,2-4H2,1H3;2*4H,2-3H2,1H3. The van der Waals surface area contributed by atoms with E-state index in [-0.39, 0.29) is 30.1 Å². The Labute approximate surface area is 180 Å². The highest BCUT2D eigenvalue weighted by atomic mass is 16.6. The van der Waals surface area contributed by atoms with Crippen LogP contribution in [0.3, 0.4) is 0 Å². The minimum Gasteiger partial charge on any atom is -0.465 e. The fourth-order valence-electron chi connectivity index (χ4n) is 3.26. The smallest absolute Gasteiger partial charge is 0.306 e. The maximum absolute atomic E-state index is 10.6. The minimum absolute atomic E-state index is 0.0382. The Balaban J connectivity index is 0.000000200. The lowest BCUT2D eigenvalue weighted by Crippen LogP contribution is -2.19. The van der Waals surface area contributed by atoms with E-state index < -0.39 is 0 Å². The molecule has 172 valence electrons. The van der Waals surface area contributed by atoms with Gasteiger partial charge in [0.2, 0.25) is 0 Å². The van der Waals surface area contributed by atoms with Gasteiger partial charge in [-0.15, -0.1) is 0 Å². The van der Waals surface area contributed by atoms with E-state index in [1.807, 2.05) is 20.8 Å². The molecular weight excluding hydrogens is 388 g/mol. The molecule has 0 aromatic rings. The van der Waals surface area contributed by atoms with Crippen molar-refractivity contribution in [2.24, 2.45) is 11.8 Å². The van der Waals surface area contributed by atoms with Crippen LogP contribution in [0.25, 0.3) is 0 Å². The number of hydrogen-bond donors (Lipinski definition) is 0. The van der Waals surface area contributed by atoms with Gasteiger partial charge in [0.1, 0.15) is 5.78 Å². The number of rotatable bonds is 0. The Bertz CT molecular complexity index is 538. The molecule has 4 fully saturated rings. The fraction of sp³-hybridized carbons (Fsp3) is 0.826. The Hall–Kier alpha value is -1.92. The van der Waals surface area contributed by atoms with Crippen molar-refractivity contribution >= 4 is 23.7 Å². The Morgan fingerprint density at radius 3 is 1.47 bits per heavy atom. The second-order valence-corrected chi connectivity index (χ2v) is 8.75. The lowest BCUT2D eigenvalue weighted by molar-refractivity contribution is -0.152. The van der Waals surface area contributed by atoms with E-state index in [1.165, 1.54) is 0 Å². The van der Waals surface area contributed by atoms with E-state index in [4.69, 9.17) is 9.47 Å². The van der Waals surface area contributed by atoms with Crippen molar-refractivity contribution in [1.29, 1.82) is 0 Å². The first-order valence-corrected chi connectivity index (χ1v) is 11.2. The fourth-order valence-corrected chi connectivity index (χ4v) is 3.26. The highest BCUT2D eigenvalue weighted by molar-refractivity contribution is 5.79. The second-order valence-electron chi connectivity index (χ2n) is 8.75. The third kappa shape index (κ3) is 12.6. The van der Waals surface area contributed by atoms with Crippen LogP contribution >= 0.6 is 0 Å². The number of hydrogen-bond acceptors (Lipinski definition) is 7. The van der Waals surface area contributed by atoms with Gasteiger partial charge in [0.25, 0.3) is 0 Å². The molecule has 3 atom stereocenters. The first kappa shape index (κ1) is 26.1. The van der Waals surface area contributed by atoms with Gasteiger partial charge in [-0.2, -0.15) is 0 Å². The number of Topliss-reactive ketones (excluding diaryl/α,β-unsaturated/α-hetero) is 1. The van der Waals surface area contributed by atoms with Crippen LogP contribution in [0.5, 0.6) is 0 Å². The molecule has 0 amide bonds. The lowest BCUT2D eigenvalue weighted by Gasteiger charge is -2.17. The second kappa shape index (κ2) is 14.1. The van der Waals surface area contributed by atoms with Gasteiger partial charge >= 0.3 is 17.9 Å². The van der Waals surface area contributed by atoms with Crippen molar-refractivity contribution in [3.05, 3.63) is 0 Å². The number of carbonyl (C=O) groups excluding carboxylic acids is 4. The third-order valence-corrected chi connectivity index (χ3v) is 5.29. The largest absolute Gasteiger partial charge is 0.465 e. The number of ketones is 1. The van der Waals surface area contributed by atoms with Crippen LogP contribution in [0.1, 0.15) is 91.9 Å². The zero-order chi connectivity index (χ0) is 22.5. The first-order valence-electron chi connectivity index (χ1n) is 11.2. The summed E-state index contributed by atoms with van der Waals surface area (Å²) in [5, 5.41) is 0. The quantitative estimate of drug-likeness (QED) is 0.424. The lowest BCUT2D eigenvalue weighted by atomic mass is 9.90. The highest BCUT2D eigenvalue weighted by Crippen LogP contribution is 2.19. The Morgan fingerprint density at radius 2 is 1.20 bits per heavy atom. The molecule has 0 N–H and O–H groups in total. The molecule has 7 heteroatoms. The highest BCUT2D eigenvalue weighted by Gasteiger charge is 2.18. The number of cyclic esters (lactones) is 3. The molecule has 1 saturated carbocycles. The van der Waals surface area contributed by atoms with E-state index >= 15 is 0 Å². The molecule has 0 aromatic carbocycles. The predicted molar refractivity (Wildman–Crippen MR) is 112 cm³/mol. The summed E-state index contributed by atoms with van der Waals surface area (Å²) in [7, 11) is 0. The molecule has 3 saturated heterocycles. The van der Waals surface area contributed by atoms with Crippen LogP contribution < -0.4 is 0 Å². The summed E-state index contributed by atoms with van der Waals surface area (Å²) in [6, 6.07) is 0. The Morgan fingerprint density at radius 1 is 0.633 bits per heavy atom. The molecule has 3 heterocycles. The summed E-state index contributed by atoms with van der Waals surface area (Å²) in [4.78, 5) is 41.5. The van der Waals surface area contributed by atoms with Crippen LogP contribution in [0.4, 0.5) is 0 Å². The molecule has 3 unspecified atom stereocenters. The summed E-state index contributed by atoms with van der Waals surface area (Å²) in [5.74, 6) is 1.58. The van der Waals surface area contributed by atoms with Crippen LogP contribution in [0, 0.1) is 11.8 Å². The molecule has 0 bridgehead atoms. The van der Waals surface area contributed by atoms with Crippen molar-refractivity contribution in [3.8, 4) is 0 Å². The van der Waals surface area contributed by atoms with Crippen molar-refractivity contribution in [3.63, 3.8) is 0 Å². The van der Waals surface area contributed by atoms with Crippen LogP contribution in [0.2, 0.25) is 0 Å². The van der Waals surface area contributed by atoms with Gasteiger partial charge in [-0.25, -0.2) is 0 Å².